The standard InChI is InChI=1S/C16H20N2O2S/c1-11-8-13(3)16(9-12(11)2)21(19,20)18-14(4)15-6-5-7-17-10-15/h5-10,14,18H,1-4H3/t14-/m1/s1. The van der Waals surface area contributed by atoms with Crippen LogP contribution in [0.3, 0.4) is 0 Å². The maximum absolute atomic E-state index is 12.6. The van der Waals surface area contributed by atoms with Crippen LogP contribution in [-0.4, -0.2) is 13.4 Å². The number of benzene rings is 1. The molecule has 0 aliphatic rings. The third-order valence-electron chi connectivity index (χ3n) is 3.60. The summed E-state index contributed by atoms with van der Waals surface area (Å²) in [5, 5.41) is 0. The average molecular weight is 304 g/mol. The number of sulfonamides is 1. The lowest BCUT2D eigenvalue weighted by atomic mass is 10.1. The maximum atomic E-state index is 12.6. The number of aromatic nitrogens is 1. The zero-order valence-electron chi connectivity index (χ0n) is 12.7. The largest absolute Gasteiger partial charge is 0.264 e. The summed E-state index contributed by atoms with van der Waals surface area (Å²) in [6.45, 7) is 7.52. The second-order valence-corrected chi connectivity index (χ2v) is 7.01. The van der Waals surface area contributed by atoms with Crippen LogP contribution < -0.4 is 4.72 Å². The van der Waals surface area contributed by atoms with Crippen LogP contribution in [0.15, 0.2) is 41.6 Å². The average Bonchev–Trinajstić information content (AvgIpc) is 2.43. The summed E-state index contributed by atoms with van der Waals surface area (Å²) in [7, 11) is -3.56. The van der Waals surface area contributed by atoms with Gasteiger partial charge in [0, 0.05) is 18.4 Å². The van der Waals surface area contributed by atoms with Crippen LogP contribution in [0.25, 0.3) is 0 Å². The fourth-order valence-corrected chi connectivity index (χ4v) is 3.76. The Kier molecular flexibility index (Phi) is 4.44. The van der Waals surface area contributed by atoms with E-state index in [1.54, 1.807) is 24.5 Å². The lowest BCUT2D eigenvalue weighted by Gasteiger charge is -2.16. The third-order valence-corrected chi connectivity index (χ3v) is 5.28. The van der Waals surface area contributed by atoms with E-state index in [-0.39, 0.29) is 6.04 Å². The number of pyridine rings is 1. The summed E-state index contributed by atoms with van der Waals surface area (Å²) >= 11 is 0. The molecule has 1 heterocycles. The van der Waals surface area contributed by atoms with Gasteiger partial charge in [0.25, 0.3) is 0 Å². The second kappa shape index (κ2) is 5.95. The molecular weight excluding hydrogens is 284 g/mol. The lowest BCUT2D eigenvalue weighted by Crippen LogP contribution is -2.27. The van der Waals surface area contributed by atoms with Crippen molar-refractivity contribution in [2.75, 3.05) is 0 Å². The Morgan fingerprint density at radius 3 is 2.38 bits per heavy atom. The molecule has 0 amide bonds. The normalized spacial score (nSPS) is 13.1. The highest BCUT2D eigenvalue weighted by molar-refractivity contribution is 7.89. The van der Waals surface area contributed by atoms with E-state index < -0.39 is 10.0 Å². The fraction of sp³-hybridized carbons (Fsp3) is 0.312. The first-order chi connectivity index (χ1) is 9.81. The number of rotatable bonds is 4. The zero-order chi connectivity index (χ0) is 15.6. The second-order valence-electron chi connectivity index (χ2n) is 5.33. The summed E-state index contributed by atoms with van der Waals surface area (Å²) in [6, 6.07) is 6.95. The Labute approximate surface area is 126 Å². The van der Waals surface area contributed by atoms with Crippen LogP contribution >= 0.6 is 0 Å². The van der Waals surface area contributed by atoms with Gasteiger partial charge in [0.15, 0.2) is 0 Å². The Morgan fingerprint density at radius 1 is 1.10 bits per heavy atom. The number of hydrogen-bond acceptors (Lipinski definition) is 3. The first kappa shape index (κ1) is 15.7. The van der Waals surface area contributed by atoms with E-state index in [4.69, 9.17) is 0 Å². The van der Waals surface area contributed by atoms with Gasteiger partial charge in [-0.25, -0.2) is 13.1 Å². The summed E-state index contributed by atoms with van der Waals surface area (Å²) in [4.78, 5) is 4.35. The van der Waals surface area contributed by atoms with Gasteiger partial charge in [-0.15, -0.1) is 0 Å². The molecule has 5 heteroatoms. The molecule has 1 aromatic carbocycles. The molecular formula is C16H20N2O2S. The molecule has 0 aliphatic carbocycles. The van der Waals surface area contributed by atoms with Crippen LogP contribution in [0.4, 0.5) is 0 Å². The Bertz CT molecular complexity index is 740. The summed E-state index contributed by atoms with van der Waals surface area (Å²) in [6.07, 6.45) is 3.33. The quantitative estimate of drug-likeness (QED) is 0.944. The van der Waals surface area contributed by atoms with Crippen molar-refractivity contribution < 1.29 is 8.42 Å². The molecule has 1 atom stereocenters. The predicted molar refractivity (Wildman–Crippen MR) is 83.6 cm³/mol. The van der Waals surface area contributed by atoms with Crippen molar-refractivity contribution in [1.29, 1.82) is 0 Å². The van der Waals surface area contributed by atoms with Gasteiger partial charge < -0.3 is 0 Å². The van der Waals surface area contributed by atoms with E-state index in [0.717, 1.165) is 22.3 Å². The van der Waals surface area contributed by atoms with Crippen molar-refractivity contribution in [2.24, 2.45) is 0 Å². The number of aryl methyl sites for hydroxylation is 3. The Morgan fingerprint density at radius 2 is 1.76 bits per heavy atom. The van der Waals surface area contributed by atoms with Gasteiger partial charge in [0.2, 0.25) is 10.0 Å². The molecule has 0 saturated carbocycles. The monoisotopic (exact) mass is 304 g/mol. The fourth-order valence-electron chi connectivity index (χ4n) is 2.22. The molecule has 1 N–H and O–H groups in total. The highest BCUT2D eigenvalue weighted by Gasteiger charge is 2.21. The first-order valence-electron chi connectivity index (χ1n) is 6.81. The molecule has 0 saturated heterocycles. The Hall–Kier alpha value is -1.72. The molecule has 21 heavy (non-hydrogen) atoms. The van der Waals surface area contributed by atoms with Crippen molar-refractivity contribution in [1.82, 2.24) is 9.71 Å². The first-order valence-corrected chi connectivity index (χ1v) is 8.29. The lowest BCUT2D eigenvalue weighted by molar-refractivity contribution is 0.566. The molecule has 0 spiro atoms. The third kappa shape index (κ3) is 3.49. The zero-order valence-corrected chi connectivity index (χ0v) is 13.5. The molecule has 0 bridgehead atoms. The number of nitrogens with one attached hydrogen (secondary N) is 1. The maximum Gasteiger partial charge on any atom is 0.241 e. The SMILES string of the molecule is Cc1cc(C)c(S(=O)(=O)N[C@H](C)c2cccnc2)cc1C. The van der Waals surface area contributed by atoms with Crippen LogP contribution in [0, 0.1) is 20.8 Å². The van der Waals surface area contributed by atoms with Crippen LogP contribution in [0.5, 0.6) is 0 Å². The van der Waals surface area contributed by atoms with Crippen LogP contribution in [0.2, 0.25) is 0 Å². The van der Waals surface area contributed by atoms with Gasteiger partial charge in [0.1, 0.15) is 0 Å². The van der Waals surface area contributed by atoms with Gasteiger partial charge in [-0.2, -0.15) is 0 Å². The molecule has 0 fully saturated rings. The van der Waals surface area contributed by atoms with Crippen molar-refractivity contribution >= 4 is 10.0 Å². The molecule has 4 nitrogen and oxygen atoms in total. The van der Waals surface area contributed by atoms with E-state index in [1.165, 1.54) is 0 Å². The van der Waals surface area contributed by atoms with Crippen molar-refractivity contribution in [3.63, 3.8) is 0 Å². The molecule has 0 radical (unpaired) electrons. The summed E-state index contributed by atoms with van der Waals surface area (Å²) < 4.78 is 27.8. The molecule has 0 aliphatic heterocycles. The van der Waals surface area contributed by atoms with Gasteiger partial charge in [0.05, 0.1) is 4.90 Å². The summed E-state index contributed by atoms with van der Waals surface area (Å²) in [5.41, 5.74) is 3.65. The van der Waals surface area contributed by atoms with Gasteiger partial charge >= 0.3 is 0 Å². The van der Waals surface area contributed by atoms with Crippen molar-refractivity contribution in [2.45, 2.75) is 38.6 Å². The van der Waals surface area contributed by atoms with Crippen LogP contribution in [0.1, 0.15) is 35.2 Å². The number of nitrogens with zero attached hydrogens (tertiary/aromatic N) is 1. The van der Waals surface area contributed by atoms with E-state index in [2.05, 4.69) is 9.71 Å². The highest BCUT2D eigenvalue weighted by Crippen LogP contribution is 2.22. The van der Waals surface area contributed by atoms with E-state index in [1.807, 2.05) is 39.8 Å². The van der Waals surface area contributed by atoms with Gasteiger partial charge in [-0.05, 0) is 62.1 Å². The molecule has 0 unspecified atom stereocenters. The van der Waals surface area contributed by atoms with E-state index in [0.29, 0.717) is 4.90 Å². The van der Waals surface area contributed by atoms with Crippen molar-refractivity contribution in [3.05, 3.63) is 58.9 Å². The highest BCUT2D eigenvalue weighted by atomic mass is 32.2. The summed E-state index contributed by atoms with van der Waals surface area (Å²) in [5.74, 6) is 0. The van der Waals surface area contributed by atoms with Gasteiger partial charge in [-0.3, -0.25) is 4.98 Å². The molecule has 2 rings (SSSR count). The predicted octanol–water partition coefficient (Wildman–Crippen LogP) is 3.05. The van der Waals surface area contributed by atoms with Crippen molar-refractivity contribution in [3.8, 4) is 0 Å². The molecule has 1 aromatic heterocycles. The number of hydrogen-bond donors (Lipinski definition) is 1. The smallest absolute Gasteiger partial charge is 0.241 e. The van der Waals surface area contributed by atoms with E-state index >= 15 is 0 Å². The Balaban J connectivity index is 2.33. The molecule has 2 aromatic rings. The van der Waals surface area contributed by atoms with Gasteiger partial charge in [-0.1, -0.05) is 12.1 Å². The minimum Gasteiger partial charge on any atom is -0.264 e. The minimum atomic E-state index is -3.56. The van der Waals surface area contributed by atoms with Crippen LogP contribution in [-0.2, 0) is 10.0 Å². The minimum absolute atomic E-state index is 0.329. The molecule has 112 valence electrons. The topological polar surface area (TPSA) is 59.1 Å². The van der Waals surface area contributed by atoms with E-state index in [9.17, 15) is 8.42 Å².